The average Bonchev–Trinajstić information content (AvgIpc) is 2.60. The van der Waals surface area contributed by atoms with E-state index in [1.807, 2.05) is 6.92 Å². The zero-order chi connectivity index (χ0) is 15.8. The van der Waals surface area contributed by atoms with Crippen molar-refractivity contribution in [2.75, 3.05) is 19.7 Å². The molecule has 2 rings (SSSR count). The van der Waals surface area contributed by atoms with E-state index >= 15 is 0 Å². The van der Waals surface area contributed by atoms with Crippen molar-refractivity contribution in [3.05, 3.63) is 4.91 Å². The number of esters is 1. The van der Waals surface area contributed by atoms with Gasteiger partial charge in [-0.15, -0.1) is 4.91 Å². The first-order valence-electron chi connectivity index (χ1n) is 8.98. The van der Waals surface area contributed by atoms with Crippen LogP contribution in [0.25, 0.3) is 0 Å². The molecule has 0 spiro atoms. The van der Waals surface area contributed by atoms with Gasteiger partial charge in [-0.25, -0.2) is 0 Å². The van der Waals surface area contributed by atoms with Gasteiger partial charge in [0.25, 0.3) is 0 Å². The third kappa shape index (κ3) is 3.99. The molecule has 2 aliphatic rings. The zero-order valence-electron chi connectivity index (χ0n) is 13.9. The average molecular weight is 310 g/mol. The number of nitrogens with zero attached hydrogens (tertiary/aromatic N) is 2. The molecule has 2 saturated carbocycles. The second-order valence-electron chi connectivity index (χ2n) is 6.82. The van der Waals surface area contributed by atoms with Crippen molar-refractivity contribution in [1.82, 2.24) is 5.01 Å². The molecule has 5 heteroatoms. The molecular formula is C17H30N2O3. The maximum absolute atomic E-state index is 12.8. The van der Waals surface area contributed by atoms with Gasteiger partial charge in [0.2, 0.25) is 0 Å². The van der Waals surface area contributed by atoms with Gasteiger partial charge in [0.1, 0.15) is 6.61 Å². The number of rotatable bonds is 7. The molecule has 22 heavy (non-hydrogen) atoms. The maximum Gasteiger partial charge on any atom is 0.312 e. The van der Waals surface area contributed by atoms with Crippen molar-refractivity contribution >= 4 is 5.97 Å². The van der Waals surface area contributed by atoms with Gasteiger partial charge in [0.15, 0.2) is 0 Å². The summed E-state index contributed by atoms with van der Waals surface area (Å²) in [7, 11) is 0. The van der Waals surface area contributed by atoms with E-state index in [1.54, 1.807) is 0 Å². The monoisotopic (exact) mass is 310 g/mol. The van der Waals surface area contributed by atoms with Crippen LogP contribution < -0.4 is 0 Å². The molecule has 0 bridgehead atoms. The lowest BCUT2D eigenvalue weighted by atomic mass is 9.62. The van der Waals surface area contributed by atoms with Crippen LogP contribution >= 0.6 is 0 Å². The molecule has 0 aliphatic heterocycles. The van der Waals surface area contributed by atoms with Gasteiger partial charge in [0, 0.05) is 6.54 Å². The molecule has 126 valence electrons. The van der Waals surface area contributed by atoms with E-state index in [-0.39, 0.29) is 18.0 Å². The summed E-state index contributed by atoms with van der Waals surface area (Å²) >= 11 is 0. The largest absolute Gasteiger partial charge is 0.463 e. The highest BCUT2D eigenvalue weighted by Gasteiger charge is 2.47. The van der Waals surface area contributed by atoms with E-state index in [1.165, 1.54) is 43.5 Å². The Labute approximate surface area is 133 Å². The summed E-state index contributed by atoms with van der Waals surface area (Å²) in [6, 6.07) is 0. The summed E-state index contributed by atoms with van der Waals surface area (Å²) in [5.41, 5.74) is -0.246. The normalized spacial score (nSPS) is 22.0. The van der Waals surface area contributed by atoms with E-state index in [0.717, 1.165) is 25.7 Å². The SMILES string of the molecule is CCN(CCOC(=O)C1(C2CCCCC2)CCCCC1)N=O. The van der Waals surface area contributed by atoms with Gasteiger partial charge < -0.3 is 4.74 Å². The highest BCUT2D eigenvalue weighted by atomic mass is 16.5. The molecule has 0 aromatic rings. The van der Waals surface area contributed by atoms with Crippen LogP contribution in [-0.4, -0.2) is 30.7 Å². The Morgan fingerprint density at radius 2 is 1.77 bits per heavy atom. The molecule has 0 radical (unpaired) electrons. The molecule has 0 amide bonds. The van der Waals surface area contributed by atoms with Crippen molar-refractivity contribution in [1.29, 1.82) is 0 Å². The quantitative estimate of drug-likeness (QED) is 0.404. The molecule has 5 nitrogen and oxygen atoms in total. The van der Waals surface area contributed by atoms with E-state index in [2.05, 4.69) is 5.29 Å². The van der Waals surface area contributed by atoms with Crippen LogP contribution in [-0.2, 0) is 9.53 Å². The molecule has 0 aromatic heterocycles. The Morgan fingerprint density at radius 1 is 1.14 bits per heavy atom. The molecule has 0 heterocycles. The Hall–Kier alpha value is -1.13. The Kier molecular flexibility index (Phi) is 6.65. The number of carbonyl (C=O) groups excluding carboxylic acids is 1. The van der Waals surface area contributed by atoms with Gasteiger partial charge in [-0.3, -0.25) is 9.80 Å². The Balaban J connectivity index is 1.95. The number of likely N-dealkylation sites (N-methyl/N-ethyl adjacent to an activating group) is 1. The third-order valence-electron chi connectivity index (χ3n) is 5.60. The minimum atomic E-state index is -0.246. The predicted molar refractivity (Wildman–Crippen MR) is 86.1 cm³/mol. The van der Waals surface area contributed by atoms with Gasteiger partial charge >= 0.3 is 5.97 Å². The first-order valence-corrected chi connectivity index (χ1v) is 8.98. The highest BCUT2D eigenvalue weighted by Crippen LogP contribution is 2.49. The summed E-state index contributed by atoms with van der Waals surface area (Å²) in [6.07, 6.45) is 11.6. The van der Waals surface area contributed by atoms with E-state index in [9.17, 15) is 9.70 Å². The lowest BCUT2D eigenvalue weighted by Gasteiger charge is -2.43. The molecule has 2 fully saturated rings. The number of carbonyl (C=O) groups is 1. The molecule has 0 aromatic carbocycles. The summed E-state index contributed by atoms with van der Waals surface area (Å²) in [5.74, 6) is 0.488. The van der Waals surface area contributed by atoms with Crippen LogP contribution in [0.15, 0.2) is 5.29 Å². The number of nitroso groups, excluding NO2 is 1. The number of ether oxygens (including phenoxy) is 1. The Morgan fingerprint density at radius 3 is 2.36 bits per heavy atom. The van der Waals surface area contributed by atoms with Gasteiger partial charge in [0.05, 0.1) is 17.2 Å². The van der Waals surface area contributed by atoms with Crippen molar-refractivity contribution < 1.29 is 9.53 Å². The summed E-state index contributed by atoms with van der Waals surface area (Å²) in [6.45, 7) is 3.09. The first-order chi connectivity index (χ1) is 10.7. The molecule has 0 atom stereocenters. The van der Waals surface area contributed by atoms with E-state index in [4.69, 9.17) is 4.74 Å². The lowest BCUT2D eigenvalue weighted by Crippen LogP contribution is -2.43. The lowest BCUT2D eigenvalue weighted by molar-refractivity contribution is -0.164. The molecule has 0 saturated heterocycles. The summed E-state index contributed by atoms with van der Waals surface area (Å²) in [5, 5.41) is 4.31. The fraction of sp³-hybridized carbons (Fsp3) is 0.941. The van der Waals surface area contributed by atoms with Crippen LogP contribution in [0.4, 0.5) is 0 Å². The van der Waals surface area contributed by atoms with Gasteiger partial charge in [-0.2, -0.15) is 0 Å². The molecule has 0 N–H and O–H groups in total. The second kappa shape index (κ2) is 8.49. The topological polar surface area (TPSA) is 59.0 Å². The predicted octanol–water partition coefficient (Wildman–Crippen LogP) is 4.06. The second-order valence-corrected chi connectivity index (χ2v) is 6.82. The maximum atomic E-state index is 12.8. The fourth-order valence-electron chi connectivity index (χ4n) is 4.26. The Bertz CT molecular complexity index is 361. The number of hydrogen-bond donors (Lipinski definition) is 0. The summed E-state index contributed by atoms with van der Waals surface area (Å²) < 4.78 is 5.59. The van der Waals surface area contributed by atoms with Crippen LogP contribution in [0.3, 0.4) is 0 Å². The zero-order valence-corrected chi connectivity index (χ0v) is 13.9. The van der Waals surface area contributed by atoms with Crippen molar-refractivity contribution in [3.8, 4) is 0 Å². The standard InChI is InChI=1S/C17H30N2O3/c1-2-19(18-21)13-14-22-16(20)17(11-7-4-8-12-17)15-9-5-3-6-10-15/h15H,2-14H2,1H3. The van der Waals surface area contributed by atoms with E-state index in [0.29, 0.717) is 19.0 Å². The van der Waals surface area contributed by atoms with Crippen LogP contribution in [0.2, 0.25) is 0 Å². The molecule has 2 aliphatic carbocycles. The minimum absolute atomic E-state index is 0.0129. The molecular weight excluding hydrogens is 280 g/mol. The van der Waals surface area contributed by atoms with Gasteiger partial charge in [-0.1, -0.05) is 38.5 Å². The smallest absolute Gasteiger partial charge is 0.312 e. The molecule has 0 unspecified atom stereocenters. The number of hydrogen-bond acceptors (Lipinski definition) is 4. The van der Waals surface area contributed by atoms with E-state index < -0.39 is 0 Å². The van der Waals surface area contributed by atoms with Gasteiger partial charge in [-0.05, 0) is 38.5 Å². The van der Waals surface area contributed by atoms with Crippen LogP contribution in [0.1, 0.15) is 71.1 Å². The van der Waals surface area contributed by atoms with Crippen molar-refractivity contribution in [2.45, 2.75) is 71.1 Å². The fourth-order valence-corrected chi connectivity index (χ4v) is 4.26. The van der Waals surface area contributed by atoms with Crippen LogP contribution in [0, 0.1) is 16.2 Å². The minimum Gasteiger partial charge on any atom is -0.463 e. The first kappa shape index (κ1) is 17.2. The highest BCUT2D eigenvalue weighted by molar-refractivity contribution is 5.77. The third-order valence-corrected chi connectivity index (χ3v) is 5.60. The van der Waals surface area contributed by atoms with Crippen molar-refractivity contribution in [3.63, 3.8) is 0 Å². The summed E-state index contributed by atoms with van der Waals surface area (Å²) in [4.78, 5) is 23.4. The van der Waals surface area contributed by atoms with Crippen LogP contribution in [0.5, 0.6) is 0 Å². The van der Waals surface area contributed by atoms with Crippen molar-refractivity contribution in [2.24, 2.45) is 16.6 Å².